The van der Waals surface area contributed by atoms with E-state index in [4.69, 9.17) is 9.47 Å². The summed E-state index contributed by atoms with van der Waals surface area (Å²) in [7, 11) is 0. The van der Waals surface area contributed by atoms with Gasteiger partial charge >= 0.3 is 0 Å². The molecule has 0 spiro atoms. The molecule has 0 unspecified atom stereocenters. The summed E-state index contributed by atoms with van der Waals surface area (Å²) in [5.41, 5.74) is 0.944. The largest absolute Gasteiger partial charge is 0.449 e. The molecule has 0 saturated heterocycles. The van der Waals surface area contributed by atoms with Gasteiger partial charge in [0.15, 0.2) is 11.5 Å². The van der Waals surface area contributed by atoms with Crippen LogP contribution >= 0.6 is 15.9 Å². The van der Waals surface area contributed by atoms with E-state index in [2.05, 4.69) is 20.9 Å². The monoisotopic (exact) mass is 243 g/mol. The van der Waals surface area contributed by atoms with Crippen molar-refractivity contribution >= 4 is 15.9 Å². The highest BCUT2D eigenvalue weighted by molar-refractivity contribution is 9.08. The van der Waals surface area contributed by atoms with E-state index in [1.807, 2.05) is 19.9 Å². The topological polar surface area (TPSA) is 31.4 Å². The van der Waals surface area contributed by atoms with Crippen LogP contribution in [-0.4, -0.2) is 10.8 Å². The van der Waals surface area contributed by atoms with Gasteiger partial charge in [0.25, 0.3) is 0 Å². The Morgan fingerprint density at radius 3 is 2.77 bits per heavy atom. The minimum absolute atomic E-state index is 0.561. The Labute approximate surface area is 85.2 Å². The van der Waals surface area contributed by atoms with Gasteiger partial charge in [-0.3, -0.25) is 4.98 Å². The maximum atomic E-state index is 5.55. The molecule has 0 bridgehead atoms. The normalized spacial score (nSPS) is 17.5. The van der Waals surface area contributed by atoms with Crippen LogP contribution in [0.4, 0.5) is 0 Å². The fourth-order valence-corrected chi connectivity index (χ4v) is 1.55. The number of ether oxygens (including phenoxy) is 2. The molecule has 2 heterocycles. The van der Waals surface area contributed by atoms with E-state index < -0.39 is 5.79 Å². The molecule has 0 N–H and O–H groups in total. The summed E-state index contributed by atoms with van der Waals surface area (Å²) in [5, 5.41) is 0.726. The fraction of sp³-hybridized carbons (Fsp3) is 0.444. The van der Waals surface area contributed by atoms with E-state index in [0.29, 0.717) is 0 Å². The third-order valence-corrected chi connectivity index (χ3v) is 2.31. The molecular weight excluding hydrogens is 234 g/mol. The first-order valence-corrected chi connectivity index (χ1v) is 5.16. The Morgan fingerprint density at radius 2 is 2.08 bits per heavy atom. The van der Waals surface area contributed by atoms with Crippen molar-refractivity contribution in [2.24, 2.45) is 0 Å². The molecule has 0 amide bonds. The summed E-state index contributed by atoms with van der Waals surface area (Å²) in [4.78, 5) is 4.18. The first kappa shape index (κ1) is 8.81. The Morgan fingerprint density at radius 1 is 1.38 bits per heavy atom. The molecule has 13 heavy (non-hydrogen) atoms. The van der Waals surface area contributed by atoms with E-state index in [9.17, 15) is 0 Å². The molecule has 0 fully saturated rings. The average Bonchev–Trinajstić information content (AvgIpc) is 2.36. The third-order valence-electron chi connectivity index (χ3n) is 1.74. The number of hydrogen-bond donors (Lipinski definition) is 0. The zero-order valence-electron chi connectivity index (χ0n) is 7.50. The van der Waals surface area contributed by atoms with Crippen molar-refractivity contribution in [3.8, 4) is 11.5 Å². The number of aromatic nitrogens is 1. The van der Waals surface area contributed by atoms with Crippen LogP contribution in [0.5, 0.6) is 11.5 Å². The molecule has 1 aliphatic rings. The van der Waals surface area contributed by atoms with Crippen LogP contribution in [0, 0.1) is 0 Å². The molecule has 2 rings (SSSR count). The van der Waals surface area contributed by atoms with Crippen LogP contribution in [0.25, 0.3) is 0 Å². The third kappa shape index (κ3) is 1.63. The highest BCUT2D eigenvalue weighted by Gasteiger charge is 2.31. The zero-order valence-corrected chi connectivity index (χ0v) is 9.09. The van der Waals surface area contributed by atoms with Crippen LogP contribution < -0.4 is 9.47 Å². The van der Waals surface area contributed by atoms with Crippen LogP contribution in [0.2, 0.25) is 0 Å². The maximum Gasteiger partial charge on any atom is 0.246 e. The minimum atomic E-state index is -0.561. The summed E-state index contributed by atoms with van der Waals surface area (Å²) in [5.74, 6) is 0.929. The van der Waals surface area contributed by atoms with Gasteiger partial charge in [-0.2, -0.15) is 0 Å². The summed E-state index contributed by atoms with van der Waals surface area (Å²) in [6, 6.07) is 1.89. The summed E-state index contributed by atoms with van der Waals surface area (Å²) < 4.78 is 11.0. The van der Waals surface area contributed by atoms with E-state index in [-0.39, 0.29) is 0 Å². The molecule has 1 aromatic heterocycles. The Bertz CT molecular complexity index is 338. The number of nitrogens with zero attached hydrogens (tertiary/aromatic N) is 1. The highest BCUT2D eigenvalue weighted by atomic mass is 79.9. The van der Waals surface area contributed by atoms with Crippen LogP contribution in [0.1, 0.15) is 19.5 Å². The van der Waals surface area contributed by atoms with Crippen LogP contribution in [-0.2, 0) is 5.33 Å². The van der Waals surface area contributed by atoms with Crippen molar-refractivity contribution in [2.75, 3.05) is 0 Å². The van der Waals surface area contributed by atoms with Crippen molar-refractivity contribution in [2.45, 2.75) is 25.0 Å². The molecule has 0 aromatic carbocycles. The standard InChI is InChI=1S/C9H10BrNO2/c1-9(2)12-7-3-6(4-10)11-5-8(7)13-9/h3,5H,4H2,1-2H3. The molecule has 0 radical (unpaired) electrons. The minimum Gasteiger partial charge on any atom is -0.449 e. The van der Waals surface area contributed by atoms with Crippen molar-refractivity contribution < 1.29 is 9.47 Å². The highest BCUT2D eigenvalue weighted by Crippen LogP contribution is 2.38. The zero-order chi connectivity index (χ0) is 9.47. The second kappa shape index (κ2) is 2.87. The average molecular weight is 244 g/mol. The van der Waals surface area contributed by atoms with Gasteiger partial charge in [-0.15, -0.1) is 0 Å². The van der Waals surface area contributed by atoms with Gasteiger partial charge in [-0.25, -0.2) is 0 Å². The van der Waals surface area contributed by atoms with E-state index >= 15 is 0 Å². The van der Waals surface area contributed by atoms with Gasteiger partial charge in [0.05, 0.1) is 11.9 Å². The fourth-order valence-electron chi connectivity index (χ4n) is 1.24. The second-order valence-electron chi connectivity index (χ2n) is 3.36. The predicted octanol–water partition coefficient (Wildman–Crippen LogP) is 2.48. The van der Waals surface area contributed by atoms with Gasteiger partial charge in [0, 0.05) is 25.2 Å². The first-order valence-electron chi connectivity index (χ1n) is 4.04. The predicted molar refractivity (Wildman–Crippen MR) is 52.2 cm³/mol. The maximum absolute atomic E-state index is 5.55. The molecule has 1 aliphatic heterocycles. The molecule has 0 aliphatic carbocycles. The second-order valence-corrected chi connectivity index (χ2v) is 3.92. The molecule has 0 atom stereocenters. The number of alkyl halides is 1. The SMILES string of the molecule is CC1(C)Oc2cnc(CBr)cc2O1. The van der Waals surface area contributed by atoms with Gasteiger partial charge in [-0.1, -0.05) is 15.9 Å². The molecule has 1 aromatic rings. The number of hydrogen-bond acceptors (Lipinski definition) is 3. The number of halogens is 1. The summed E-state index contributed by atoms with van der Waals surface area (Å²) in [6.07, 6.45) is 1.70. The molecular formula is C9H10BrNO2. The Kier molecular flexibility index (Phi) is 1.95. The van der Waals surface area contributed by atoms with Gasteiger partial charge in [-0.05, 0) is 0 Å². The molecule has 4 heteroatoms. The summed E-state index contributed by atoms with van der Waals surface area (Å²) >= 11 is 3.34. The first-order chi connectivity index (χ1) is 6.11. The summed E-state index contributed by atoms with van der Waals surface area (Å²) in [6.45, 7) is 3.75. The van der Waals surface area contributed by atoms with E-state index in [1.54, 1.807) is 6.20 Å². The van der Waals surface area contributed by atoms with Crippen LogP contribution in [0.3, 0.4) is 0 Å². The quantitative estimate of drug-likeness (QED) is 0.711. The lowest BCUT2D eigenvalue weighted by Crippen LogP contribution is -2.29. The lowest BCUT2D eigenvalue weighted by atomic mass is 10.3. The van der Waals surface area contributed by atoms with Crippen molar-refractivity contribution in [1.29, 1.82) is 0 Å². The van der Waals surface area contributed by atoms with Gasteiger partial charge < -0.3 is 9.47 Å². The van der Waals surface area contributed by atoms with Crippen molar-refractivity contribution in [3.05, 3.63) is 18.0 Å². The lowest BCUT2D eigenvalue weighted by molar-refractivity contribution is -0.0432. The molecule has 70 valence electrons. The number of fused-ring (bicyclic) bond motifs is 1. The Balaban J connectivity index is 2.36. The van der Waals surface area contributed by atoms with E-state index in [1.165, 1.54) is 0 Å². The van der Waals surface area contributed by atoms with Gasteiger partial charge in [0.2, 0.25) is 5.79 Å². The van der Waals surface area contributed by atoms with Gasteiger partial charge in [0.1, 0.15) is 0 Å². The molecule has 3 nitrogen and oxygen atoms in total. The van der Waals surface area contributed by atoms with Crippen LogP contribution in [0.15, 0.2) is 12.3 Å². The lowest BCUT2D eigenvalue weighted by Gasteiger charge is -2.15. The van der Waals surface area contributed by atoms with Crippen molar-refractivity contribution in [1.82, 2.24) is 4.98 Å². The Hall–Kier alpha value is -0.770. The number of pyridine rings is 1. The van der Waals surface area contributed by atoms with E-state index in [0.717, 1.165) is 22.5 Å². The van der Waals surface area contributed by atoms with Crippen molar-refractivity contribution in [3.63, 3.8) is 0 Å². The number of rotatable bonds is 1. The molecule has 0 saturated carbocycles. The smallest absolute Gasteiger partial charge is 0.246 e.